The summed E-state index contributed by atoms with van der Waals surface area (Å²) < 4.78 is 0. The Morgan fingerprint density at radius 2 is 2.56 bits per heavy atom. The second-order valence-electron chi connectivity index (χ2n) is 2.54. The minimum Gasteiger partial charge on any atom is -0.411 e. The molecule has 0 saturated heterocycles. The molecule has 0 fully saturated rings. The van der Waals surface area contributed by atoms with Crippen LogP contribution in [0.4, 0.5) is 0 Å². The first-order valence-electron chi connectivity index (χ1n) is 3.20. The molecule has 0 saturated carbocycles. The minimum atomic E-state index is 0.640. The molecule has 0 aromatic carbocycles. The molecule has 2 heteroatoms. The molecule has 0 heterocycles. The van der Waals surface area contributed by atoms with E-state index in [2.05, 4.69) is 12.1 Å². The lowest BCUT2D eigenvalue weighted by molar-refractivity contribution is 0.316. The maximum Gasteiger partial charge on any atom is 0.0795 e. The van der Waals surface area contributed by atoms with Crippen molar-refractivity contribution in [1.29, 1.82) is 0 Å². The van der Waals surface area contributed by atoms with E-state index in [-0.39, 0.29) is 0 Å². The van der Waals surface area contributed by atoms with Crippen LogP contribution in [0.5, 0.6) is 0 Å². The van der Waals surface area contributed by atoms with Crippen LogP contribution in [0.1, 0.15) is 19.8 Å². The van der Waals surface area contributed by atoms with Gasteiger partial charge in [-0.15, -0.1) is 0 Å². The van der Waals surface area contributed by atoms with Crippen molar-refractivity contribution in [1.82, 2.24) is 0 Å². The van der Waals surface area contributed by atoms with Gasteiger partial charge in [0.15, 0.2) is 0 Å². The molecular weight excluding hydrogens is 114 g/mol. The summed E-state index contributed by atoms with van der Waals surface area (Å²) in [4.78, 5) is 0. The molecule has 0 bridgehead atoms. The molecular formula is C7H11NO. The highest BCUT2D eigenvalue weighted by atomic mass is 16.4. The van der Waals surface area contributed by atoms with Gasteiger partial charge >= 0.3 is 0 Å². The molecule has 0 aliphatic heterocycles. The van der Waals surface area contributed by atoms with E-state index in [1.807, 2.05) is 12.2 Å². The van der Waals surface area contributed by atoms with Crippen molar-refractivity contribution in [3.63, 3.8) is 0 Å². The average Bonchev–Trinajstić information content (AvgIpc) is 1.88. The standard InChI is InChI=1S/C7H11NO/c1-6-3-2-4-7(5-6)8-9/h2,4,6,9H,3,5H2,1H3/b8-7+. The third-order valence-electron chi connectivity index (χ3n) is 1.53. The Labute approximate surface area is 54.9 Å². The van der Waals surface area contributed by atoms with Gasteiger partial charge in [-0.1, -0.05) is 18.2 Å². The monoisotopic (exact) mass is 125 g/mol. The molecule has 0 aromatic heterocycles. The molecule has 1 unspecified atom stereocenters. The van der Waals surface area contributed by atoms with Crippen molar-refractivity contribution in [2.24, 2.45) is 11.1 Å². The summed E-state index contributed by atoms with van der Waals surface area (Å²) in [6.45, 7) is 2.15. The van der Waals surface area contributed by atoms with Gasteiger partial charge in [-0.05, 0) is 24.8 Å². The zero-order valence-electron chi connectivity index (χ0n) is 5.54. The number of hydrogen-bond acceptors (Lipinski definition) is 2. The number of rotatable bonds is 0. The van der Waals surface area contributed by atoms with Gasteiger partial charge < -0.3 is 5.21 Å². The lowest BCUT2D eigenvalue weighted by Crippen LogP contribution is -2.06. The Morgan fingerprint density at radius 1 is 1.78 bits per heavy atom. The fraction of sp³-hybridized carbons (Fsp3) is 0.571. The third kappa shape index (κ3) is 1.56. The van der Waals surface area contributed by atoms with Crippen molar-refractivity contribution in [3.8, 4) is 0 Å². The van der Waals surface area contributed by atoms with E-state index in [1.54, 1.807) is 0 Å². The van der Waals surface area contributed by atoms with E-state index in [1.165, 1.54) is 0 Å². The number of hydrogen-bond donors (Lipinski definition) is 1. The van der Waals surface area contributed by atoms with Gasteiger partial charge in [-0.3, -0.25) is 0 Å². The predicted molar refractivity (Wildman–Crippen MR) is 36.8 cm³/mol. The summed E-state index contributed by atoms with van der Waals surface area (Å²) >= 11 is 0. The first kappa shape index (κ1) is 6.33. The second-order valence-corrected chi connectivity index (χ2v) is 2.54. The van der Waals surface area contributed by atoms with Gasteiger partial charge in [-0.2, -0.15) is 0 Å². The van der Waals surface area contributed by atoms with Crippen molar-refractivity contribution in [2.45, 2.75) is 19.8 Å². The molecule has 0 radical (unpaired) electrons. The molecule has 1 rings (SSSR count). The fourth-order valence-corrected chi connectivity index (χ4v) is 1.02. The highest BCUT2D eigenvalue weighted by molar-refractivity contribution is 5.95. The van der Waals surface area contributed by atoms with Gasteiger partial charge in [0.05, 0.1) is 5.71 Å². The molecule has 50 valence electrons. The molecule has 1 aliphatic rings. The van der Waals surface area contributed by atoms with E-state index < -0.39 is 0 Å². The van der Waals surface area contributed by atoms with Crippen LogP contribution in [0.3, 0.4) is 0 Å². The second kappa shape index (κ2) is 2.67. The van der Waals surface area contributed by atoms with E-state index in [9.17, 15) is 0 Å². The Balaban J connectivity index is 2.60. The zero-order valence-corrected chi connectivity index (χ0v) is 5.54. The predicted octanol–water partition coefficient (Wildman–Crippen LogP) is 1.80. The van der Waals surface area contributed by atoms with Crippen molar-refractivity contribution in [3.05, 3.63) is 12.2 Å². The quantitative estimate of drug-likeness (QED) is 0.388. The highest BCUT2D eigenvalue weighted by Gasteiger charge is 2.07. The molecule has 9 heavy (non-hydrogen) atoms. The van der Waals surface area contributed by atoms with Gasteiger partial charge in [0.2, 0.25) is 0 Å². The van der Waals surface area contributed by atoms with Crippen LogP contribution < -0.4 is 0 Å². The van der Waals surface area contributed by atoms with Gasteiger partial charge in [-0.25, -0.2) is 0 Å². The van der Waals surface area contributed by atoms with E-state index >= 15 is 0 Å². The molecule has 0 spiro atoms. The van der Waals surface area contributed by atoms with Crippen LogP contribution in [0.2, 0.25) is 0 Å². The van der Waals surface area contributed by atoms with E-state index in [0.29, 0.717) is 5.92 Å². The maximum absolute atomic E-state index is 8.35. The van der Waals surface area contributed by atoms with Crippen molar-refractivity contribution < 1.29 is 5.21 Å². The first-order chi connectivity index (χ1) is 4.33. The normalized spacial score (nSPS) is 31.2. The fourth-order valence-electron chi connectivity index (χ4n) is 1.02. The summed E-state index contributed by atoms with van der Waals surface area (Å²) in [5.41, 5.74) is 0.800. The average molecular weight is 125 g/mol. The van der Waals surface area contributed by atoms with Crippen molar-refractivity contribution >= 4 is 5.71 Å². The largest absolute Gasteiger partial charge is 0.411 e. The summed E-state index contributed by atoms with van der Waals surface area (Å²) in [6, 6.07) is 0. The van der Waals surface area contributed by atoms with Gasteiger partial charge in [0, 0.05) is 0 Å². The summed E-state index contributed by atoms with van der Waals surface area (Å²) in [5.74, 6) is 0.640. The SMILES string of the molecule is CC1CC=C/C(=N\O)C1. The number of allylic oxidation sites excluding steroid dienone is 2. The van der Waals surface area contributed by atoms with Crippen LogP contribution in [-0.4, -0.2) is 10.9 Å². The highest BCUT2D eigenvalue weighted by Crippen LogP contribution is 2.14. The lowest BCUT2D eigenvalue weighted by Gasteiger charge is -2.11. The minimum absolute atomic E-state index is 0.640. The van der Waals surface area contributed by atoms with Crippen LogP contribution in [0.15, 0.2) is 17.3 Å². The first-order valence-corrected chi connectivity index (χ1v) is 3.20. The lowest BCUT2D eigenvalue weighted by atomic mass is 9.95. The van der Waals surface area contributed by atoms with Crippen LogP contribution >= 0.6 is 0 Å². The smallest absolute Gasteiger partial charge is 0.0795 e. The Bertz CT molecular complexity index is 149. The van der Waals surface area contributed by atoms with Crippen molar-refractivity contribution in [2.75, 3.05) is 0 Å². The molecule has 1 atom stereocenters. The summed E-state index contributed by atoms with van der Waals surface area (Å²) in [6.07, 6.45) is 5.94. The van der Waals surface area contributed by atoms with Gasteiger partial charge in [0.25, 0.3) is 0 Å². The van der Waals surface area contributed by atoms with Crippen LogP contribution in [-0.2, 0) is 0 Å². The topological polar surface area (TPSA) is 32.6 Å². The summed E-state index contributed by atoms with van der Waals surface area (Å²) in [5, 5.41) is 11.5. The number of oxime groups is 1. The van der Waals surface area contributed by atoms with E-state index in [4.69, 9.17) is 5.21 Å². The molecule has 1 N–H and O–H groups in total. The van der Waals surface area contributed by atoms with Crippen LogP contribution in [0, 0.1) is 5.92 Å². The molecule has 0 aromatic rings. The third-order valence-corrected chi connectivity index (χ3v) is 1.53. The molecule has 2 nitrogen and oxygen atoms in total. The Morgan fingerprint density at radius 3 is 3.00 bits per heavy atom. The zero-order chi connectivity index (χ0) is 6.69. The summed E-state index contributed by atoms with van der Waals surface area (Å²) in [7, 11) is 0. The van der Waals surface area contributed by atoms with Gasteiger partial charge in [0.1, 0.15) is 0 Å². The number of nitrogens with zero attached hydrogens (tertiary/aromatic N) is 1. The maximum atomic E-state index is 8.35. The Kier molecular flexibility index (Phi) is 1.88. The molecule has 1 aliphatic carbocycles. The van der Waals surface area contributed by atoms with E-state index in [0.717, 1.165) is 18.6 Å². The molecule has 0 amide bonds. The Hall–Kier alpha value is -0.790. The van der Waals surface area contributed by atoms with Crippen LogP contribution in [0.25, 0.3) is 0 Å².